The molecule has 0 aliphatic heterocycles. The Morgan fingerprint density at radius 3 is 1.54 bits per heavy atom. The fourth-order valence-electron chi connectivity index (χ4n) is 2.74. The second-order valence-electron chi connectivity index (χ2n) is 6.53. The summed E-state index contributed by atoms with van der Waals surface area (Å²) in [6.45, 7) is 2.31. The van der Waals surface area contributed by atoms with Gasteiger partial charge in [-0.15, -0.1) is 0 Å². The third-order valence-electron chi connectivity index (χ3n) is 4.16. The van der Waals surface area contributed by atoms with Gasteiger partial charge in [0.1, 0.15) is 5.78 Å². The molecule has 0 radical (unpaired) electrons. The van der Waals surface area contributed by atoms with Crippen LogP contribution in [0, 0.1) is 0 Å². The van der Waals surface area contributed by atoms with Crippen molar-refractivity contribution >= 4 is 41.3 Å². The molecule has 0 unspecified atom stereocenters. The van der Waals surface area contributed by atoms with E-state index >= 15 is 0 Å². The van der Waals surface area contributed by atoms with Crippen molar-refractivity contribution in [1.29, 1.82) is 0 Å². The van der Waals surface area contributed by atoms with Crippen LogP contribution >= 0.6 is 0 Å². The zero-order valence-electron chi connectivity index (χ0n) is 15.1. The molecule has 0 spiro atoms. The molecule has 0 aromatic rings. The summed E-state index contributed by atoms with van der Waals surface area (Å²) in [6, 6.07) is 0. The molecule has 4 nitrogen and oxygen atoms in total. The van der Waals surface area contributed by atoms with Gasteiger partial charge < -0.3 is 10.4 Å². The van der Waals surface area contributed by atoms with Gasteiger partial charge >= 0.3 is 35.5 Å². The van der Waals surface area contributed by atoms with Crippen molar-refractivity contribution in [2.75, 3.05) is 13.1 Å². The Morgan fingerprint density at radius 2 is 1.12 bits per heavy atom. The third kappa shape index (κ3) is 22.1. The van der Waals surface area contributed by atoms with Gasteiger partial charge in [0.2, 0.25) is 0 Å². The Morgan fingerprint density at radius 1 is 0.708 bits per heavy atom. The topological polar surface area (TPSA) is 66.4 Å². The monoisotopic (exact) mass is 351 g/mol. The maximum absolute atomic E-state index is 11.5. The number of hydrogen-bond acceptors (Lipinski definition) is 3. The van der Waals surface area contributed by atoms with E-state index in [4.69, 9.17) is 5.11 Å². The second kappa shape index (κ2) is 21.1. The SMILES string of the molecule is CCCCCCCCCCCCCCCC(=O)CNCC(=O)O.[NaH]. The summed E-state index contributed by atoms with van der Waals surface area (Å²) >= 11 is 0. The third-order valence-corrected chi connectivity index (χ3v) is 4.16. The van der Waals surface area contributed by atoms with Crippen molar-refractivity contribution in [2.45, 2.75) is 96.8 Å². The number of carbonyl (C=O) groups is 2. The molecule has 0 aliphatic rings. The molecule has 0 heterocycles. The molecule has 0 fully saturated rings. The minimum atomic E-state index is -0.918. The van der Waals surface area contributed by atoms with Crippen molar-refractivity contribution in [3.05, 3.63) is 0 Å². The number of carbonyl (C=O) groups excluding carboxylic acids is 1. The molecule has 24 heavy (non-hydrogen) atoms. The van der Waals surface area contributed by atoms with E-state index in [0.29, 0.717) is 6.42 Å². The number of rotatable bonds is 18. The fourth-order valence-corrected chi connectivity index (χ4v) is 2.74. The number of carboxylic acid groups (broad SMARTS) is 1. The van der Waals surface area contributed by atoms with Gasteiger partial charge in [-0.3, -0.25) is 9.59 Å². The molecule has 0 saturated heterocycles. The fraction of sp³-hybridized carbons (Fsp3) is 0.895. The molecular formula is C19H38NNaO3. The molecular weight excluding hydrogens is 313 g/mol. The maximum atomic E-state index is 11.5. The molecule has 0 aliphatic carbocycles. The molecule has 2 N–H and O–H groups in total. The Bertz CT molecular complexity index is 298. The Hall–Kier alpha value is 0.100. The number of unbranched alkanes of at least 4 members (excludes halogenated alkanes) is 12. The van der Waals surface area contributed by atoms with Crippen molar-refractivity contribution in [3.8, 4) is 0 Å². The van der Waals surface area contributed by atoms with E-state index in [1.807, 2.05) is 0 Å². The number of carboxylic acids is 1. The van der Waals surface area contributed by atoms with Gasteiger partial charge in [0.25, 0.3) is 0 Å². The van der Waals surface area contributed by atoms with E-state index in [1.165, 1.54) is 70.6 Å². The van der Waals surface area contributed by atoms with E-state index < -0.39 is 5.97 Å². The van der Waals surface area contributed by atoms with Crippen LogP contribution in [-0.2, 0) is 9.59 Å². The Balaban J connectivity index is 0. The number of hydrogen-bond donors (Lipinski definition) is 2. The van der Waals surface area contributed by atoms with Gasteiger partial charge in [-0.05, 0) is 6.42 Å². The molecule has 0 rings (SSSR count). The summed E-state index contributed by atoms with van der Waals surface area (Å²) in [7, 11) is 0. The standard InChI is InChI=1S/C19H37NO3.Na.H/c1-2-3-4-5-6-7-8-9-10-11-12-13-14-15-18(21)16-20-17-19(22)23;;/h20H,2-17H2,1H3,(H,22,23);;. The summed E-state index contributed by atoms with van der Waals surface area (Å²) in [5, 5.41) is 11.1. The average Bonchev–Trinajstić information content (AvgIpc) is 2.51. The molecule has 5 heteroatoms. The van der Waals surface area contributed by atoms with Crippen LogP contribution in [-0.4, -0.2) is 59.5 Å². The van der Waals surface area contributed by atoms with Gasteiger partial charge in [0, 0.05) is 6.42 Å². The summed E-state index contributed by atoms with van der Waals surface area (Å²) in [5.41, 5.74) is 0. The van der Waals surface area contributed by atoms with Crippen molar-refractivity contribution < 1.29 is 14.7 Å². The average molecular weight is 352 g/mol. The molecule has 0 atom stereocenters. The number of nitrogens with one attached hydrogen (secondary N) is 1. The molecule has 0 aromatic heterocycles. The Labute approximate surface area is 170 Å². The van der Waals surface area contributed by atoms with Crippen LogP contribution in [0.5, 0.6) is 0 Å². The van der Waals surface area contributed by atoms with Gasteiger partial charge in [-0.2, -0.15) is 0 Å². The quantitative estimate of drug-likeness (QED) is 0.289. The molecule has 0 amide bonds. The van der Waals surface area contributed by atoms with Gasteiger partial charge in [0.15, 0.2) is 0 Å². The number of aliphatic carboxylic acids is 1. The van der Waals surface area contributed by atoms with E-state index in [-0.39, 0.29) is 48.4 Å². The predicted octanol–water partition coefficient (Wildman–Crippen LogP) is 4.06. The van der Waals surface area contributed by atoms with Crippen LogP contribution in [0.3, 0.4) is 0 Å². The van der Waals surface area contributed by atoms with Crippen molar-refractivity contribution in [3.63, 3.8) is 0 Å². The first kappa shape index (κ1) is 26.3. The van der Waals surface area contributed by atoms with Crippen molar-refractivity contribution in [1.82, 2.24) is 5.32 Å². The van der Waals surface area contributed by atoms with Gasteiger partial charge in [-0.25, -0.2) is 0 Å². The molecule has 0 bridgehead atoms. The van der Waals surface area contributed by atoms with Crippen LogP contribution in [0.4, 0.5) is 0 Å². The molecule has 0 aromatic carbocycles. The van der Waals surface area contributed by atoms with Crippen LogP contribution in [0.25, 0.3) is 0 Å². The Kier molecular flexibility index (Phi) is 23.2. The first-order chi connectivity index (χ1) is 11.2. The summed E-state index contributed by atoms with van der Waals surface area (Å²) in [5.74, 6) is -0.798. The van der Waals surface area contributed by atoms with Gasteiger partial charge in [-0.1, -0.05) is 84.0 Å². The summed E-state index contributed by atoms with van der Waals surface area (Å²) in [6.07, 6.45) is 17.5. The van der Waals surface area contributed by atoms with E-state index in [1.54, 1.807) is 0 Å². The summed E-state index contributed by atoms with van der Waals surface area (Å²) < 4.78 is 0. The predicted molar refractivity (Wildman–Crippen MR) is 103 cm³/mol. The van der Waals surface area contributed by atoms with E-state index in [2.05, 4.69) is 12.2 Å². The van der Waals surface area contributed by atoms with Crippen LogP contribution in [0.2, 0.25) is 0 Å². The minimum absolute atomic E-state index is 0. The normalized spacial score (nSPS) is 10.4. The second-order valence-corrected chi connectivity index (χ2v) is 6.53. The first-order valence-electron chi connectivity index (χ1n) is 9.61. The van der Waals surface area contributed by atoms with Crippen LogP contribution in [0.1, 0.15) is 96.8 Å². The molecule has 138 valence electrons. The van der Waals surface area contributed by atoms with Crippen LogP contribution < -0.4 is 5.32 Å². The van der Waals surface area contributed by atoms with E-state index in [9.17, 15) is 9.59 Å². The first-order valence-corrected chi connectivity index (χ1v) is 9.61. The number of Topliss-reactive ketones (excluding diaryl/α,β-unsaturated/α-hetero) is 1. The zero-order valence-corrected chi connectivity index (χ0v) is 15.1. The zero-order chi connectivity index (χ0) is 17.2. The number of ketones is 1. The summed E-state index contributed by atoms with van der Waals surface area (Å²) in [4.78, 5) is 21.8. The van der Waals surface area contributed by atoms with Crippen LogP contribution in [0.15, 0.2) is 0 Å². The molecule has 0 saturated carbocycles. The van der Waals surface area contributed by atoms with Gasteiger partial charge in [0.05, 0.1) is 13.1 Å². The van der Waals surface area contributed by atoms with E-state index in [0.717, 1.165) is 12.8 Å². The van der Waals surface area contributed by atoms with Crippen molar-refractivity contribution in [2.24, 2.45) is 0 Å².